The van der Waals surface area contributed by atoms with E-state index in [9.17, 15) is 27.9 Å². The molecular weight excluding hydrogens is 541 g/mol. The van der Waals surface area contributed by atoms with Crippen LogP contribution in [-0.4, -0.2) is 60.8 Å². The number of benzene rings is 2. The van der Waals surface area contributed by atoms with Crippen molar-refractivity contribution in [2.45, 2.75) is 70.8 Å². The zero-order chi connectivity index (χ0) is 29.7. The van der Waals surface area contributed by atoms with Gasteiger partial charge in [-0.1, -0.05) is 44.2 Å². The van der Waals surface area contributed by atoms with Gasteiger partial charge in [0.05, 0.1) is 6.54 Å². The first-order valence-corrected chi connectivity index (χ1v) is 14.1. The Balaban J connectivity index is 1.55. The molecule has 0 aliphatic heterocycles. The van der Waals surface area contributed by atoms with Crippen LogP contribution in [0.15, 0.2) is 48.5 Å². The first-order valence-electron chi connectivity index (χ1n) is 14.1. The standard InChI is InChI=1S/C30H39F3N2O6/c1-2-39-27(28(36)37)21-23-10-14-25(15-11-23)40-20-19-35(18-6-9-22-7-4-3-5-8-22)29(38)34-24-12-16-26(17-13-24)41-30(31,32)33/h10-17,22,27H,2-9,18-21H2,1H3,(H,34,38)(H,36,37). The monoisotopic (exact) mass is 580 g/mol. The van der Waals surface area contributed by atoms with Crippen LogP contribution in [0.4, 0.5) is 23.7 Å². The Morgan fingerprint density at radius 3 is 2.27 bits per heavy atom. The van der Waals surface area contributed by atoms with E-state index in [-0.39, 0.29) is 24.8 Å². The van der Waals surface area contributed by atoms with E-state index in [0.29, 0.717) is 37.1 Å². The maximum Gasteiger partial charge on any atom is 0.573 e. The molecule has 0 heterocycles. The number of amides is 2. The second-order valence-electron chi connectivity index (χ2n) is 10.1. The topological polar surface area (TPSA) is 97.3 Å². The summed E-state index contributed by atoms with van der Waals surface area (Å²) in [6.45, 7) is 3.11. The lowest BCUT2D eigenvalue weighted by molar-refractivity contribution is -0.274. The third-order valence-electron chi connectivity index (χ3n) is 7.01. The van der Waals surface area contributed by atoms with Crippen LogP contribution in [0.2, 0.25) is 0 Å². The molecule has 3 rings (SSSR count). The Hall–Kier alpha value is -3.47. The van der Waals surface area contributed by atoms with Crippen LogP contribution < -0.4 is 14.8 Å². The Morgan fingerprint density at radius 2 is 1.66 bits per heavy atom. The van der Waals surface area contributed by atoms with Crippen molar-refractivity contribution < 1.29 is 42.1 Å². The predicted octanol–water partition coefficient (Wildman–Crippen LogP) is 6.89. The Bertz CT molecular complexity index is 1070. The third-order valence-corrected chi connectivity index (χ3v) is 7.01. The number of nitrogens with one attached hydrogen (secondary N) is 1. The highest BCUT2D eigenvalue weighted by Crippen LogP contribution is 2.28. The zero-order valence-electron chi connectivity index (χ0n) is 23.3. The Morgan fingerprint density at radius 1 is 1.00 bits per heavy atom. The van der Waals surface area contributed by atoms with E-state index in [4.69, 9.17) is 9.47 Å². The van der Waals surface area contributed by atoms with Crippen molar-refractivity contribution in [2.24, 2.45) is 5.92 Å². The van der Waals surface area contributed by atoms with Crippen LogP contribution in [0.3, 0.4) is 0 Å². The first-order chi connectivity index (χ1) is 19.6. The summed E-state index contributed by atoms with van der Waals surface area (Å²) < 4.78 is 52.3. The number of alkyl halides is 3. The van der Waals surface area contributed by atoms with Crippen LogP contribution in [-0.2, 0) is 16.0 Å². The summed E-state index contributed by atoms with van der Waals surface area (Å²) in [5, 5.41) is 12.0. The van der Waals surface area contributed by atoms with Gasteiger partial charge in [0.15, 0.2) is 6.10 Å². The molecule has 226 valence electrons. The largest absolute Gasteiger partial charge is 0.573 e. The summed E-state index contributed by atoms with van der Waals surface area (Å²) >= 11 is 0. The number of hydrogen-bond donors (Lipinski definition) is 2. The van der Waals surface area contributed by atoms with E-state index < -0.39 is 18.4 Å². The van der Waals surface area contributed by atoms with Gasteiger partial charge in [-0.05, 0) is 67.6 Å². The molecule has 2 aromatic carbocycles. The summed E-state index contributed by atoms with van der Waals surface area (Å²) in [4.78, 5) is 26.1. The molecule has 0 saturated heterocycles. The molecule has 1 aliphatic rings. The first kappa shape index (κ1) is 32.0. The molecule has 1 fully saturated rings. The van der Waals surface area contributed by atoms with Gasteiger partial charge in [0, 0.05) is 25.3 Å². The number of carboxylic acid groups (broad SMARTS) is 1. The van der Waals surface area contributed by atoms with Gasteiger partial charge in [-0.25, -0.2) is 9.59 Å². The maximum atomic E-state index is 13.1. The average molecular weight is 581 g/mol. The van der Waals surface area contributed by atoms with Crippen molar-refractivity contribution in [3.63, 3.8) is 0 Å². The van der Waals surface area contributed by atoms with E-state index in [1.807, 2.05) is 0 Å². The fraction of sp³-hybridized carbons (Fsp3) is 0.533. The highest BCUT2D eigenvalue weighted by Gasteiger charge is 2.31. The molecule has 0 bridgehead atoms. The number of carbonyl (C=O) groups is 2. The molecule has 8 nitrogen and oxygen atoms in total. The number of aliphatic carboxylic acids is 1. The summed E-state index contributed by atoms with van der Waals surface area (Å²) in [5.74, 6) is -0.122. The van der Waals surface area contributed by atoms with Gasteiger partial charge in [0.25, 0.3) is 0 Å². The Labute approximate surface area is 238 Å². The van der Waals surface area contributed by atoms with Crippen molar-refractivity contribution in [3.8, 4) is 11.5 Å². The second-order valence-corrected chi connectivity index (χ2v) is 10.1. The molecule has 1 aliphatic carbocycles. The van der Waals surface area contributed by atoms with E-state index in [1.54, 1.807) is 36.1 Å². The van der Waals surface area contributed by atoms with E-state index in [0.717, 1.165) is 30.5 Å². The lowest BCUT2D eigenvalue weighted by Gasteiger charge is -2.26. The summed E-state index contributed by atoms with van der Waals surface area (Å²) in [6.07, 6.45) is 2.63. The van der Waals surface area contributed by atoms with Gasteiger partial charge in [-0.2, -0.15) is 0 Å². The summed E-state index contributed by atoms with van der Waals surface area (Å²) in [6, 6.07) is 11.7. The number of urea groups is 1. The molecule has 2 N–H and O–H groups in total. The Kier molecular flexibility index (Phi) is 12.6. The predicted molar refractivity (Wildman–Crippen MR) is 148 cm³/mol. The molecule has 2 aromatic rings. The van der Waals surface area contributed by atoms with Gasteiger partial charge in [0.2, 0.25) is 0 Å². The van der Waals surface area contributed by atoms with Crippen molar-refractivity contribution in [1.29, 1.82) is 0 Å². The van der Waals surface area contributed by atoms with Crippen LogP contribution in [0.5, 0.6) is 11.5 Å². The summed E-state index contributed by atoms with van der Waals surface area (Å²) in [5.41, 5.74) is 1.15. The van der Waals surface area contributed by atoms with E-state index in [2.05, 4.69) is 10.1 Å². The number of ether oxygens (including phenoxy) is 3. The smallest absolute Gasteiger partial charge is 0.492 e. The summed E-state index contributed by atoms with van der Waals surface area (Å²) in [7, 11) is 0. The number of anilines is 1. The maximum absolute atomic E-state index is 13.1. The average Bonchev–Trinajstić information content (AvgIpc) is 2.93. The minimum absolute atomic E-state index is 0.227. The van der Waals surface area contributed by atoms with Crippen LogP contribution >= 0.6 is 0 Å². The normalized spacial score (nSPS) is 14.7. The molecular formula is C30H39F3N2O6. The third kappa shape index (κ3) is 11.9. The van der Waals surface area contributed by atoms with Crippen LogP contribution in [0.1, 0.15) is 57.4 Å². The second kappa shape index (κ2) is 16.1. The van der Waals surface area contributed by atoms with Crippen molar-refractivity contribution >= 4 is 17.7 Å². The molecule has 1 saturated carbocycles. The number of carbonyl (C=O) groups excluding carboxylic acids is 1. The zero-order valence-corrected chi connectivity index (χ0v) is 23.3. The molecule has 11 heteroatoms. The fourth-order valence-electron chi connectivity index (χ4n) is 4.93. The molecule has 41 heavy (non-hydrogen) atoms. The highest BCUT2D eigenvalue weighted by atomic mass is 19.4. The van der Waals surface area contributed by atoms with E-state index >= 15 is 0 Å². The quantitative estimate of drug-likeness (QED) is 0.238. The SMILES string of the molecule is CCOC(Cc1ccc(OCCN(CCCC2CCCCC2)C(=O)Nc2ccc(OC(F)(F)F)cc2)cc1)C(=O)O. The minimum Gasteiger partial charge on any atom is -0.492 e. The molecule has 2 amide bonds. The lowest BCUT2D eigenvalue weighted by atomic mass is 9.86. The van der Waals surface area contributed by atoms with Gasteiger partial charge >= 0.3 is 18.4 Å². The van der Waals surface area contributed by atoms with Crippen LogP contribution in [0, 0.1) is 5.92 Å². The fourth-order valence-corrected chi connectivity index (χ4v) is 4.93. The van der Waals surface area contributed by atoms with E-state index in [1.165, 1.54) is 44.2 Å². The van der Waals surface area contributed by atoms with Gasteiger partial charge in [0.1, 0.15) is 18.1 Å². The molecule has 1 atom stereocenters. The molecule has 1 unspecified atom stereocenters. The molecule has 0 aromatic heterocycles. The van der Waals surface area contributed by atoms with Crippen molar-refractivity contribution in [2.75, 3.05) is 31.6 Å². The number of rotatable bonds is 15. The number of halogens is 3. The van der Waals surface area contributed by atoms with Gasteiger partial charge in [-0.3, -0.25) is 0 Å². The van der Waals surface area contributed by atoms with Gasteiger partial charge < -0.3 is 29.5 Å². The van der Waals surface area contributed by atoms with Crippen LogP contribution in [0.25, 0.3) is 0 Å². The number of carboxylic acids is 1. The number of hydrogen-bond acceptors (Lipinski definition) is 5. The minimum atomic E-state index is -4.79. The highest BCUT2D eigenvalue weighted by molar-refractivity contribution is 5.89. The van der Waals surface area contributed by atoms with Crippen molar-refractivity contribution in [1.82, 2.24) is 4.90 Å². The van der Waals surface area contributed by atoms with Crippen molar-refractivity contribution in [3.05, 3.63) is 54.1 Å². The molecule has 0 radical (unpaired) electrons. The number of nitrogens with zero attached hydrogens (tertiary/aromatic N) is 1. The van der Waals surface area contributed by atoms with Gasteiger partial charge in [-0.15, -0.1) is 13.2 Å². The lowest BCUT2D eigenvalue weighted by Crippen LogP contribution is -2.38. The molecule has 0 spiro atoms.